The highest BCUT2D eigenvalue weighted by Crippen LogP contribution is 2.42. The van der Waals surface area contributed by atoms with Crippen LogP contribution in [0.1, 0.15) is 5.56 Å². The number of benzene rings is 8. The Labute approximate surface area is 316 Å². The average Bonchev–Trinajstić information content (AvgIpc) is 3.89. The van der Waals surface area contributed by atoms with Gasteiger partial charge in [0.05, 0.1) is 51.5 Å². The summed E-state index contributed by atoms with van der Waals surface area (Å²) in [6.07, 6.45) is 0. The molecule has 0 radical (unpaired) electrons. The summed E-state index contributed by atoms with van der Waals surface area (Å²) in [6.45, 7) is 7.92. The molecule has 0 unspecified atom stereocenters. The second-order valence-electron chi connectivity index (χ2n) is 13.9. The van der Waals surface area contributed by atoms with Crippen LogP contribution < -0.4 is 0 Å². The van der Waals surface area contributed by atoms with Gasteiger partial charge >= 0.3 is 0 Å². The summed E-state index contributed by atoms with van der Waals surface area (Å²) in [4.78, 5) is 3.88. The molecule has 254 valence electrons. The van der Waals surface area contributed by atoms with Crippen LogP contribution in [0.5, 0.6) is 0 Å². The highest BCUT2D eigenvalue weighted by Gasteiger charge is 2.21. The topological polar surface area (TPSA) is 42.9 Å². The maximum absolute atomic E-state index is 10.6. The Morgan fingerprint density at radius 3 is 1.60 bits per heavy atom. The summed E-state index contributed by atoms with van der Waals surface area (Å²) in [5, 5.41) is 17.3. The molecule has 0 aliphatic rings. The molecule has 3 aromatic heterocycles. The van der Waals surface area contributed by atoms with Crippen molar-refractivity contribution in [1.29, 1.82) is 5.26 Å². The summed E-state index contributed by atoms with van der Waals surface area (Å²) in [5.41, 5.74) is 12.5. The predicted octanol–water partition coefficient (Wildman–Crippen LogP) is 13.1. The number of aromatic nitrogens is 3. The highest BCUT2D eigenvalue weighted by atomic mass is 15.0. The molecule has 3 heterocycles. The van der Waals surface area contributed by atoms with E-state index in [9.17, 15) is 5.26 Å². The maximum Gasteiger partial charge on any atom is 0.197 e. The highest BCUT2D eigenvalue weighted by molar-refractivity contribution is 6.16. The Morgan fingerprint density at radius 2 is 0.927 bits per heavy atom. The first-order valence-corrected chi connectivity index (χ1v) is 18.3. The molecule has 5 nitrogen and oxygen atoms in total. The molecule has 0 saturated heterocycles. The summed E-state index contributed by atoms with van der Waals surface area (Å²) >= 11 is 0. The van der Waals surface area contributed by atoms with Crippen molar-refractivity contribution in [2.75, 3.05) is 0 Å². The van der Waals surface area contributed by atoms with Gasteiger partial charge in [-0.2, -0.15) is 5.26 Å². The molecule has 0 atom stereocenters. The quantitative estimate of drug-likeness (QED) is 0.169. The SMILES string of the molecule is [C-]#[N+]c1cccc2c1c1ccccc1n2-c1ccc(C#N)c(-c2ccccc2-n2c3ccccc3c3ccc(-n4c5ccccc5c5ccccc54)cc32)c1. The van der Waals surface area contributed by atoms with Crippen molar-refractivity contribution in [2.45, 2.75) is 0 Å². The smallest absolute Gasteiger partial charge is 0.197 e. The van der Waals surface area contributed by atoms with Crippen molar-refractivity contribution in [2.24, 2.45) is 0 Å². The van der Waals surface area contributed by atoms with Gasteiger partial charge in [-0.25, -0.2) is 4.85 Å². The molecule has 0 N–H and O–H groups in total. The summed E-state index contributed by atoms with van der Waals surface area (Å²) in [7, 11) is 0. The van der Waals surface area contributed by atoms with Crippen LogP contribution in [0.15, 0.2) is 176 Å². The fourth-order valence-corrected chi connectivity index (χ4v) is 8.82. The number of hydrogen-bond acceptors (Lipinski definition) is 1. The van der Waals surface area contributed by atoms with Crippen molar-refractivity contribution in [3.8, 4) is 34.3 Å². The molecule has 55 heavy (non-hydrogen) atoms. The van der Waals surface area contributed by atoms with Gasteiger partial charge in [-0.3, -0.25) is 0 Å². The second-order valence-corrected chi connectivity index (χ2v) is 13.9. The van der Waals surface area contributed by atoms with Gasteiger partial charge in [0.15, 0.2) is 5.69 Å². The molecule has 11 aromatic rings. The molecule has 5 heteroatoms. The maximum atomic E-state index is 10.6. The fourth-order valence-electron chi connectivity index (χ4n) is 8.82. The van der Waals surface area contributed by atoms with E-state index < -0.39 is 0 Å². The zero-order valence-electron chi connectivity index (χ0n) is 29.5. The van der Waals surface area contributed by atoms with Gasteiger partial charge in [0.1, 0.15) is 0 Å². The van der Waals surface area contributed by atoms with Gasteiger partial charge in [0.2, 0.25) is 0 Å². The van der Waals surface area contributed by atoms with Gasteiger partial charge in [-0.05, 0) is 72.1 Å². The Balaban J connectivity index is 1.18. The summed E-state index contributed by atoms with van der Waals surface area (Å²) in [6, 6.07) is 63.7. The van der Waals surface area contributed by atoms with Gasteiger partial charge in [0.25, 0.3) is 0 Å². The minimum absolute atomic E-state index is 0.588. The van der Waals surface area contributed by atoms with Crippen molar-refractivity contribution >= 4 is 71.1 Å². The number of hydrogen-bond donors (Lipinski definition) is 0. The molecule has 8 aromatic carbocycles. The molecule has 11 rings (SSSR count). The Morgan fingerprint density at radius 1 is 0.418 bits per heavy atom. The van der Waals surface area contributed by atoms with Crippen molar-refractivity contribution in [1.82, 2.24) is 13.7 Å². The molecule has 0 saturated carbocycles. The molecule has 0 aliphatic heterocycles. The summed E-state index contributed by atoms with van der Waals surface area (Å²) < 4.78 is 6.93. The number of nitrogens with zero attached hydrogens (tertiary/aromatic N) is 5. The van der Waals surface area contributed by atoms with Crippen LogP contribution in [0.3, 0.4) is 0 Å². The Hall–Kier alpha value is -7.86. The number of para-hydroxylation sites is 5. The number of nitriles is 1. The lowest BCUT2D eigenvalue weighted by Gasteiger charge is -2.17. The largest absolute Gasteiger partial charge is 0.311 e. The third-order valence-corrected chi connectivity index (χ3v) is 11.1. The third-order valence-electron chi connectivity index (χ3n) is 11.1. The van der Waals surface area contributed by atoms with Crippen LogP contribution in [-0.2, 0) is 0 Å². The second kappa shape index (κ2) is 11.8. The van der Waals surface area contributed by atoms with Crippen LogP contribution >= 0.6 is 0 Å². The standard InChI is InChI=1S/C50H29N5/c1-52-42-18-12-24-48-50(42)40-17-6-11-23-47(40)54(48)33-26-25-32(31-51)41(29-33)38-16-5-10-22-46(38)55-45-21-9-4-15-37(45)39-28-27-34(30-49(39)55)53-43-19-7-2-13-35(43)36-14-3-8-20-44(36)53/h2-30H. The van der Waals surface area contributed by atoms with Crippen LogP contribution in [0.2, 0.25) is 0 Å². The van der Waals surface area contributed by atoms with Crippen LogP contribution in [0.4, 0.5) is 5.69 Å². The zero-order valence-corrected chi connectivity index (χ0v) is 29.5. The van der Waals surface area contributed by atoms with Crippen LogP contribution in [-0.4, -0.2) is 13.7 Å². The predicted molar refractivity (Wildman–Crippen MR) is 226 cm³/mol. The van der Waals surface area contributed by atoms with Crippen LogP contribution in [0.25, 0.3) is 98.5 Å². The van der Waals surface area contributed by atoms with E-state index in [-0.39, 0.29) is 0 Å². The minimum Gasteiger partial charge on any atom is -0.311 e. The number of rotatable bonds is 4. The van der Waals surface area contributed by atoms with E-state index in [0.717, 1.165) is 82.8 Å². The lowest BCUT2D eigenvalue weighted by Crippen LogP contribution is -2.01. The van der Waals surface area contributed by atoms with Crippen LogP contribution in [0, 0.1) is 17.9 Å². The molecule has 0 amide bonds. The lowest BCUT2D eigenvalue weighted by molar-refractivity contribution is 1.15. The van der Waals surface area contributed by atoms with E-state index in [1.54, 1.807) is 0 Å². The Kier molecular flexibility index (Phi) is 6.61. The zero-order chi connectivity index (χ0) is 36.6. The van der Waals surface area contributed by atoms with Crippen molar-refractivity contribution in [3.63, 3.8) is 0 Å². The third kappa shape index (κ3) is 4.39. The molecule has 0 aliphatic carbocycles. The fraction of sp³-hybridized carbons (Fsp3) is 0. The molecular weight excluding hydrogens is 671 g/mol. The van der Waals surface area contributed by atoms with Crippen molar-refractivity contribution < 1.29 is 0 Å². The van der Waals surface area contributed by atoms with Gasteiger partial charge in [-0.1, -0.05) is 109 Å². The minimum atomic E-state index is 0.588. The molecule has 0 bridgehead atoms. The van der Waals surface area contributed by atoms with Gasteiger partial charge < -0.3 is 13.7 Å². The first-order valence-electron chi connectivity index (χ1n) is 18.3. The van der Waals surface area contributed by atoms with E-state index in [1.165, 1.54) is 10.8 Å². The van der Waals surface area contributed by atoms with Crippen molar-refractivity contribution in [3.05, 3.63) is 193 Å². The molecular formula is C50H29N5. The van der Waals surface area contributed by atoms with Gasteiger partial charge in [0, 0.05) is 54.9 Å². The number of fused-ring (bicyclic) bond motifs is 9. The first-order chi connectivity index (χ1) is 27.2. The van der Waals surface area contributed by atoms with E-state index in [0.29, 0.717) is 11.3 Å². The van der Waals surface area contributed by atoms with E-state index >= 15 is 0 Å². The van der Waals surface area contributed by atoms with Gasteiger partial charge in [-0.15, -0.1) is 0 Å². The first kappa shape index (κ1) is 30.7. The van der Waals surface area contributed by atoms with E-state index in [1.807, 2.05) is 42.5 Å². The molecule has 0 spiro atoms. The lowest BCUT2D eigenvalue weighted by atomic mass is 9.97. The normalized spacial score (nSPS) is 11.6. The Bertz CT molecular complexity index is 3420. The molecule has 0 fully saturated rings. The average molecular weight is 700 g/mol. The van der Waals surface area contributed by atoms with E-state index in [2.05, 4.69) is 158 Å². The summed E-state index contributed by atoms with van der Waals surface area (Å²) in [5.74, 6) is 0. The van der Waals surface area contributed by atoms with E-state index in [4.69, 9.17) is 6.57 Å². The monoisotopic (exact) mass is 699 g/mol.